The Morgan fingerprint density at radius 2 is 1.90 bits per heavy atom. The van der Waals surface area contributed by atoms with Crippen molar-refractivity contribution in [2.45, 2.75) is 53.0 Å². The van der Waals surface area contributed by atoms with Gasteiger partial charge >= 0.3 is 0 Å². The largest absolute Gasteiger partial charge is 0.339 e. The van der Waals surface area contributed by atoms with Crippen LogP contribution in [-0.4, -0.2) is 43.1 Å². The summed E-state index contributed by atoms with van der Waals surface area (Å²) >= 11 is 0. The molecule has 0 saturated carbocycles. The lowest BCUT2D eigenvalue weighted by Crippen LogP contribution is -2.32. The molecule has 0 bridgehead atoms. The third-order valence-electron chi connectivity index (χ3n) is 5.83. The van der Waals surface area contributed by atoms with Gasteiger partial charge in [-0.1, -0.05) is 30.3 Å². The van der Waals surface area contributed by atoms with Crippen molar-refractivity contribution in [3.05, 3.63) is 77.4 Å². The molecule has 4 rings (SSSR count). The molecule has 158 valence electrons. The zero-order valence-electron chi connectivity index (χ0n) is 18.0. The van der Waals surface area contributed by atoms with Crippen molar-refractivity contribution in [1.82, 2.24) is 24.1 Å². The molecule has 1 aromatic carbocycles. The van der Waals surface area contributed by atoms with E-state index in [9.17, 15) is 4.79 Å². The monoisotopic (exact) mass is 405 g/mol. The minimum Gasteiger partial charge on any atom is -0.339 e. The van der Waals surface area contributed by atoms with Gasteiger partial charge in [-0.15, -0.1) is 0 Å². The van der Waals surface area contributed by atoms with Crippen molar-refractivity contribution in [3.63, 3.8) is 0 Å². The highest BCUT2D eigenvalue weighted by atomic mass is 16.2. The van der Waals surface area contributed by atoms with Gasteiger partial charge in [-0.05, 0) is 38.0 Å². The molecule has 6 heteroatoms. The summed E-state index contributed by atoms with van der Waals surface area (Å²) in [5.41, 5.74) is 4.43. The van der Waals surface area contributed by atoms with Gasteiger partial charge in [-0.25, -0.2) is 0 Å². The van der Waals surface area contributed by atoms with E-state index in [-0.39, 0.29) is 5.91 Å². The first-order valence-corrected chi connectivity index (χ1v) is 10.9. The molecule has 0 N–H and O–H groups in total. The first-order chi connectivity index (χ1) is 14.7. The van der Waals surface area contributed by atoms with Crippen molar-refractivity contribution >= 4 is 5.91 Å². The molecule has 0 saturated heterocycles. The Hall–Kier alpha value is -2.86. The Kier molecular flexibility index (Phi) is 6.33. The summed E-state index contributed by atoms with van der Waals surface area (Å²) in [5, 5.41) is 4.34. The van der Waals surface area contributed by atoms with Crippen molar-refractivity contribution in [2.24, 2.45) is 0 Å². The van der Waals surface area contributed by atoms with Crippen molar-refractivity contribution < 1.29 is 4.79 Å². The van der Waals surface area contributed by atoms with Gasteiger partial charge in [0.05, 0.1) is 6.20 Å². The van der Waals surface area contributed by atoms with Crippen LogP contribution in [0, 0.1) is 0 Å². The van der Waals surface area contributed by atoms with Crippen LogP contribution in [0.25, 0.3) is 0 Å². The molecule has 0 spiro atoms. The molecule has 1 amide bonds. The van der Waals surface area contributed by atoms with Gasteiger partial charge in [0.1, 0.15) is 5.69 Å². The molecule has 1 aliphatic rings. The molecule has 0 aliphatic carbocycles. The second-order valence-corrected chi connectivity index (χ2v) is 7.93. The zero-order valence-corrected chi connectivity index (χ0v) is 18.0. The van der Waals surface area contributed by atoms with Crippen molar-refractivity contribution in [3.8, 4) is 0 Å². The lowest BCUT2D eigenvalue weighted by atomic mass is 10.2. The van der Waals surface area contributed by atoms with Crippen LogP contribution in [0.2, 0.25) is 0 Å². The second-order valence-electron chi connectivity index (χ2n) is 7.93. The van der Waals surface area contributed by atoms with E-state index in [1.165, 1.54) is 11.3 Å². The van der Waals surface area contributed by atoms with Gasteiger partial charge < -0.3 is 9.47 Å². The molecular formula is C24H31N5O. The molecule has 0 fully saturated rings. The van der Waals surface area contributed by atoms with E-state index in [1.54, 1.807) is 0 Å². The van der Waals surface area contributed by atoms with E-state index in [0.29, 0.717) is 13.1 Å². The highest BCUT2D eigenvalue weighted by Gasteiger charge is 2.23. The van der Waals surface area contributed by atoms with E-state index in [0.717, 1.165) is 50.4 Å². The molecule has 0 radical (unpaired) electrons. The maximum atomic E-state index is 13.3. The number of rotatable bonds is 7. The molecule has 1 aliphatic heterocycles. The topological polar surface area (TPSA) is 46.3 Å². The third kappa shape index (κ3) is 4.49. The predicted octanol–water partition coefficient (Wildman–Crippen LogP) is 3.77. The van der Waals surface area contributed by atoms with Crippen LogP contribution in [0.15, 0.2) is 54.9 Å². The number of fused-ring (bicyclic) bond motifs is 1. The second kappa shape index (κ2) is 9.30. The van der Waals surface area contributed by atoms with Crippen LogP contribution in [0.4, 0.5) is 0 Å². The highest BCUT2D eigenvalue weighted by molar-refractivity contribution is 5.93. The number of amides is 1. The highest BCUT2D eigenvalue weighted by Crippen LogP contribution is 2.20. The Balaban J connectivity index is 1.48. The van der Waals surface area contributed by atoms with Crippen molar-refractivity contribution in [1.29, 1.82) is 0 Å². The van der Waals surface area contributed by atoms with Crippen LogP contribution >= 0.6 is 0 Å². The summed E-state index contributed by atoms with van der Waals surface area (Å²) in [4.78, 5) is 17.7. The molecule has 3 heterocycles. The van der Waals surface area contributed by atoms with Crippen LogP contribution in [0.3, 0.4) is 0 Å². The van der Waals surface area contributed by atoms with Gasteiger partial charge in [0, 0.05) is 63.3 Å². The summed E-state index contributed by atoms with van der Waals surface area (Å²) < 4.78 is 4.13. The standard InChI is InChI=1S/C24H31N5O/c1-3-27(17-21-15-25-28(4-2)18-21)24(30)23-12-11-22-19-26(13-8-14-29(22)23)16-20-9-6-5-7-10-20/h5-7,9-12,15,18H,3-4,8,13-14,16-17,19H2,1-2H3. The summed E-state index contributed by atoms with van der Waals surface area (Å²) in [6.07, 6.45) is 4.93. The predicted molar refractivity (Wildman–Crippen MR) is 118 cm³/mol. The fourth-order valence-corrected chi connectivity index (χ4v) is 4.21. The third-order valence-corrected chi connectivity index (χ3v) is 5.83. The van der Waals surface area contributed by atoms with E-state index in [1.807, 2.05) is 35.0 Å². The van der Waals surface area contributed by atoms with Gasteiger partial charge in [-0.2, -0.15) is 5.10 Å². The summed E-state index contributed by atoms with van der Waals surface area (Å²) in [6, 6.07) is 14.7. The average Bonchev–Trinajstić information content (AvgIpc) is 3.34. The van der Waals surface area contributed by atoms with E-state index in [2.05, 4.69) is 57.9 Å². The lowest BCUT2D eigenvalue weighted by molar-refractivity contribution is 0.0741. The lowest BCUT2D eigenvalue weighted by Gasteiger charge is -2.21. The molecule has 0 unspecified atom stereocenters. The van der Waals surface area contributed by atoms with Crippen LogP contribution in [0.5, 0.6) is 0 Å². The fraction of sp³-hybridized carbons (Fsp3) is 0.417. The first-order valence-electron chi connectivity index (χ1n) is 10.9. The number of nitrogens with zero attached hydrogens (tertiary/aromatic N) is 5. The van der Waals surface area contributed by atoms with Gasteiger partial charge in [-0.3, -0.25) is 14.4 Å². The number of benzene rings is 1. The summed E-state index contributed by atoms with van der Waals surface area (Å²) in [5.74, 6) is 0.101. The Morgan fingerprint density at radius 1 is 1.07 bits per heavy atom. The van der Waals surface area contributed by atoms with E-state index < -0.39 is 0 Å². The normalized spacial score (nSPS) is 14.3. The van der Waals surface area contributed by atoms with Gasteiger partial charge in [0.15, 0.2) is 0 Å². The summed E-state index contributed by atoms with van der Waals surface area (Å²) in [7, 11) is 0. The van der Waals surface area contributed by atoms with Crippen molar-refractivity contribution in [2.75, 3.05) is 13.1 Å². The van der Waals surface area contributed by atoms with E-state index >= 15 is 0 Å². The Morgan fingerprint density at radius 3 is 2.63 bits per heavy atom. The molecule has 6 nitrogen and oxygen atoms in total. The first kappa shape index (κ1) is 20.4. The average molecular weight is 406 g/mol. The number of carbonyl (C=O) groups excluding carboxylic acids is 1. The molecule has 2 aromatic heterocycles. The maximum absolute atomic E-state index is 13.3. The number of hydrogen-bond donors (Lipinski definition) is 0. The maximum Gasteiger partial charge on any atom is 0.270 e. The summed E-state index contributed by atoms with van der Waals surface area (Å²) in [6.45, 7) is 9.96. The number of aromatic nitrogens is 3. The molecular weight excluding hydrogens is 374 g/mol. The number of hydrogen-bond acceptors (Lipinski definition) is 3. The SMILES string of the molecule is CCN(Cc1cnn(CC)c1)C(=O)c1ccc2n1CCCN(Cc1ccccc1)C2. The van der Waals surface area contributed by atoms with Crippen LogP contribution < -0.4 is 0 Å². The molecule has 3 aromatic rings. The fourth-order valence-electron chi connectivity index (χ4n) is 4.21. The Bertz CT molecular complexity index is 975. The van der Waals surface area contributed by atoms with Gasteiger partial charge in [0.2, 0.25) is 0 Å². The quantitative estimate of drug-likeness (QED) is 0.601. The zero-order chi connectivity index (χ0) is 20.9. The Labute approximate surface area is 178 Å². The van der Waals surface area contributed by atoms with Crippen LogP contribution in [-0.2, 0) is 32.7 Å². The number of carbonyl (C=O) groups is 1. The van der Waals surface area contributed by atoms with Gasteiger partial charge in [0.25, 0.3) is 5.91 Å². The molecule has 30 heavy (non-hydrogen) atoms. The van der Waals surface area contributed by atoms with E-state index in [4.69, 9.17) is 0 Å². The van der Waals surface area contributed by atoms with Crippen LogP contribution in [0.1, 0.15) is 47.6 Å². The smallest absolute Gasteiger partial charge is 0.270 e. The molecule has 0 atom stereocenters. The minimum absolute atomic E-state index is 0.101. The minimum atomic E-state index is 0.101. The number of aryl methyl sites for hydroxylation is 1.